The number of aromatic amines is 1. The van der Waals surface area contributed by atoms with Gasteiger partial charge in [0.1, 0.15) is 11.5 Å². The Morgan fingerprint density at radius 1 is 1.18 bits per heavy atom. The summed E-state index contributed by atoms with van der Waals surface area (Å²) < 4.78 is 12.5. The van der Waals surface area contributed by atoms with Gasteiger partial charge in [-0.15, -0.1) is 0 Å². The van der Waals surface area contributed by atoms with Crippen LogP contribution in [0.2, 0.25) is 0 Å². The van der Waals surface area contributed by atoms with E-state index in [-0.39, 0.29) is 30.0 Å². The van der Waals surface area contributed by atoms with Gasteiger partial charge in [0.05, 0.1) is 23.2 Å². The molecule has 1 aliphatic rings. The van der Waals surface area contributed by atoms with E-state index in [1.807, 2.05) is 33.7 Å². The monoisotopic (exact) mass is 468 g/mol. The molecule has 0 unspecified atom stereocenters. The third-order valence-corrected chi connectivity index (χ3v) is 6.53. The van der Waals surface area contributed by atoms with Crippen LogP contribution in [-0.4, -0.2) is 71.1 Å². The Labute approximate surface area is 198 Å². The maximum atomic E-state index is 13.0. The number of nitrogens with one attached hydrogen (secondary N) is 1. The molecule has 3 heterocycles. The number of aryl methyl sites for hydroxylation is 2. The van der Waals surface area contributed by atoms with Crippen molar-refractivity contribution in [2.45, 2.75) is 39.2 Å². The zero-order valence-electron chi connectivity index (χ0n) is 20.0. The summed E-state index contributed by atoms with van der Waals surface area (Å²) in [6.07, 6.45) is 1.67. The SMILES string of the molecule is COCCN(CCC(=O)N1CCC(n2c(=O)[nH]c3ccccc32)CC1)C(=O)c1cc(C)oc1C. The molecular weight excluding hydrogens is 436 g/mol. The summed E-state index contributed by atoms with van der Waals surface area (Å²) in [6, 6.07) is 9.46. The van der Waals surface area contributed by atoms with Gasteiger partial charge in [-0.3, -0.25) is 14.2 Å². The molecule has 1 fully saturated rings. The average molecular weight is 469 g/mol. The lowest BCUT2D eigenvalue weighted by atomic mass is 10.0. The van der Waals surface area contributed by atoms with Gasteiger partial charge >= 0.3 is 5.69 Å². The van der Waals surface area contributed by atoms with Crippen LogP contribution in [-0.2, 0) is 9.53 Å². The number of nitrogens with zero attached hydrogens (tertiary/aromatic N) is 3. The number of fused-ring (bicyclic) bond motifs is 1. The van der Waals surface area contributed by atoms with Gasteiger partial charge in [-0.1, -0.05) is 12.1 Å². The number of piperidine rings is 1. The Morgan fingerprint density at radius 2 is 1.91 bits per heavy atom. The van der Waals surface area contributed by atoms with Crippen molar-refractivity contribution < 1.29 is 18.7 Å². The van der Waals surface area contributed by atoms with E-state index in [2.05, 4.69) is 4.98 Å². The number of H-pyrrole nitrogens is 1. The van der Waals surface area contributed by atoms with Crippen molar-refractivity contribution in [2.75, 3.05) is 39.9 Å². The number of furan rings is 1. The number of carbonyl (C=O) groups excluding carboxylic acids is 2. The number of likely N-dealkylation sites (tertiary alicyclic amines) is 1. The second kappa shape index (κ2) is 10.3. The topological polar surface area (TPSA) is 101 Å². The van der Waals surface area contributed by atoms with E-state index in [9.17, 15) is 14.4 Å². The number of carbonyl (C=O) groups is 2. The number of ether oxygens (including phenoxy) is 1. The third kappa shape index (κ3) is 4.94. The highest BCUT2D eigenvalue weighted by Crippen LogP contribution is 2.25. The van der Waals surface area contributed by atoms with Gasteiger partial charge in [0, 0.05) is 45.8 Å². The Morgan fingerprint density at radius 3 is 2.59 bits per heavy atom. The van der Waals surface area contributed by atoms with Gasteiger partial charge in [-0.25, -0.2) is 4.79 Å². The lowest BCUT2D eigenvalue weighted by Gasteiger charge is -2.33. The molecule has 0 aliphatic carbocycles. The molecule has 1 aromatic carbocycles. The van der Waals surface area contributed by atoms with Crippen LogP contribution in [0, 0.1) is 13.8 Å². The number of hydrogen-bond donors (Lipinski definition) is 1. The van der Waals surface area contributed by atoms with Crippen LogP contribution in [0.1, 0.15) is 47.2 Å². The summed E-state index contributed by atoms with van der Waals surface area (Å²) in [7, 11) is 1.59. The summed E-state index contributed by atoms with van der Waals surface area (Å²) in [4.78, 5) is 44.9. The first-order chi connectivity index (χ1) is 16.4. The van der Waals surface area contributed by atoms with E-state index in [1.54, 1.807) is 31.9 Å². The van der Waals surface area contributed by atoms with Gasteiger partial charge in [0.15, 0.2) is 0 Å². The predicted octanol–water partition coefficient (Wildman–Crippen LogP) is 2.88. The van der Waals surface area contributed by atoms with Gasteiger partial charge in [0.25, 0.3) is 5.91 Å². The third-order valence-electron chi connectivity index (χ3n) is 6.53. The quantitative estimate of drug-likeness (QED) is 0.548. The predicted molar refractivity (Wildman–Crippen MR) is 128 cm³/mol. The van der Waals surface area contributed by atoms with Crippen molar-refractivity contribution in [1.29, 1.82) is 0 Å². The van der Waals surface area contributed by atoms with E-state index in [1.165, 1.54) is 0 Å². The molecule has 1 aliphatic heterocycles. The minimum Gasteiger partial charge on any atom is -0.466 e. The molecule has 0 bridgehead atoms. The number of imidazole rings is 1. The van der Waals surface area contributed by atoms with E-state index in [4.69, 9.17) is 9.15 Å². The molecule has 9 heteroatoms. The zero-order chi connectivity index (χ0) is 24.2. The van der Waals surface area contributed by atoms with Crippen molar-refractivity contribution in [2.24, 2.45) is 0 Å². The van der Waals surface area contributed by atoms with Crippen LogP contribution in [0.15, 0.2) is 39.5 Å². The van der Waals surface area contributed by atoms with Gasteiger partial charge in [0.2, 0.25) is 5.91 Å². The van der Waals surface area contributed by atoms with E-state index >= 15 is 0 Å². The minimum absolute atomic E-state index is 0.0139. The molecule has 182 valence electrons. The largest absolute Gasteiger partial charge is 0.466 e. The van der Waals surface area contributed by atoms with Crippen molar-refractivity contribution >= 4 is 22.8 Å². The van der Waals surface area contributed by atoms with E-state index in [0.29, 0.717) is 62.7 Å². The summed E-state index contributed by atoms with van der Waals surface area (Å²) in [6.45, 7) is 5.85. The number of methoxy groups -OCH3 is 1. The molecule has 9 nitrogen and oxygen atoms in total. The van der Waals surface area contributed by atoms with Crippen LogP contribution in [0.4, 0.5) is 0 Å². The molecule has 1 N–H and O–H groups in total. The smallest absolute Gasteiger partial charge is 0.326 e. The van der Waals surface area contributed by atoms with Gasteiger partial charge < -0.3 is 23.9 Å². The Kier molecular flexibility index (Phi) is 7.21. The fourth-order valence-electron chi connectivity index (χ4n) is 4.73. The number of rotatable bonds is 8. The molecule has 0 atom stereocenters. The van der Waals surface area contributed by atoms with Gasteiger partial charge in [-0.05, 0) is 44.9 Å². The molecule has 4 rings (SSSR count). The number of benzene rings is 1. The van der Waals surface area contributed by atoms with Crippen LogP contribution in [0.5, 0.6) is 0 Å². The maximum absolute atomic E-state index is 13.0. The molecule has 0 radical (unpaired) electrons. The molecular formula is C25H32N4O5. The fourth-order valence-corrected chi connectivity index (χ4v) is 4.73. The number of para-hydroxylation sites is 2. The highest BCUT2D eigenvalue weighted by Gasteiger charge is 2.27. The average Bonchev–Trinajstić information content (AvgIpc) is 3.35. The van der Waals surface area contributed by atoms with E-state index in [0.717, 1.165) is 11.0 Å². The van der Waals surface area contributed by atoms with E-state index < -0.39 is 0 Å². The first kappa shape index (κ1) is 23.8. The molecule has 1 saturated heterocycles. The van der Waals surface area contributed by atoms with Crippen LogP contribution < -0.4 is 5.69 Å². The summed E-state index contributed by atoms with van der Waals surface area (Å²) in [5.41, 5.74) is 2.14. The Balaban J connectivity index is 1.36. The van der Waals surface area contributed by atoms with Crippen molar-refractivity contribution in [3.05, 3.63) is 57.9 Å². The Hall–Kier alpha value is -3.33. The zero-order valence-corrected chi connectivity index (χ0v) is 20.0. The second-order valence-corrected chi connectivity index (χ2v) is 8.79. The Bertz CT molecular complexity index is 1220. The number of amides is 2. The number of aromatic nitrogens is 2. The molecule has 0 spiro atoms. The molecule has 2 amide bonds. The normalized spacial score (nSPS) is 14.6. The first-order valence-electron chi connectivity index (χ1n) is 11.7. The molecule has 0 saturated carbocycles. The van der Waals surface area contributed by atoms with Crippen LogP contribution in [0.25, 0.3) is 11.0 Å². The number of hydrogen-bond acceptors (Lipinski definition) is 5. The molecule has 3 aromatic rings. The van der Waals surface area contributed by atoms with Crippen LogP contribution in [0.3, 0.4) is 0 Å². The second-order valence-electron chi connectivity index (χ2n) is 8.79. The van der Waals surface area contributed by atoms with Crippen molar-refractivity contribution in [1.82, 2.24) is 19.4 Å². The first-order valence-corrected chi connectivity index (χ1v) is 11.7. The summed E-state index contributed by atoms with van der Waals surface area (Å²) in [5.74, 6) is 1.11. The molecule has 2 aromatic heterocycles. The van der Waals surface area contributed by atoms with Crippen molar-refractivity contribution in [3.8, 4) is 0 Å². The summed E-state index contributed by atoms with van der Waals surface area (Å²) in [5, 5.41) is 0. The highest BCUT2D eigenvalue weighted by molar-refractivity contribution is 5.95. The maximum Gasteiger partial charge on any atom is 0.326 e. The summed E-state index contributed by atoms with van der Waals surface area (Å²) >= 11 is 0. The fraction of sp³-hybridized carbons (Fsp3) is 0.480. The minimum atomic E-state index is -0.156. The lowest BCUT2D eigenvalue weighted by molar-refractivity contribution is -0.132. The van der Waals surface area contributed by atoms with Crippen molar-refractivity contribution in [3.63, 3.8) is 0 Å². The molecule has 34 heavy (non-hydrogen) atoms. The standard InChI is InChI=1S/C25H32N4O5/c1-17-16-20(18(2)34-17)24(31)28(14-15-33-3)13-10-23(30)27-11-8-19(9-12-27)29-22-7-5-4-6-21(22)26-25(29)32/h4-7,16,19H,8-15H2,1-3H3,(H,26,32). The van der Waals surface area contributed by atoms with Gasteiger partial charge in [-0.2, -0.15) is 0 Å². The van der Waals surface area contributed by atoms with Crippen LogP contribution >= 0.6 is 0 Å². The highest BCUT2D eigenvalue weighted by atomic mass is 16.5. The lowest BCUT2D eigenvalue weighted by Crippen LogP contribution is -2.42.